The van der Waals surface area contributed by atoms with Gasteiger partial charge in [-0.1, -0.05) is 24.3 Å². The number of benzene rings is 1. The van der Waals surface area contributed by atoms with Gasteiger partial charge in [-0.25, -0.2) is 0 Å². The van der Waals surface area contributed by atoms with Gasteiger partial charge in [-0.3, -0.25) is 0 Å². The molecule has 0 fully saturated rings. The fourth-order valence-corrected chi connectivity index (χ4v) is 4.41. The van der Waals surface area contributed by atoms with Gasteiger partial charge in [0.05, 0.1) is 19.3 Å². The summed E-state index contributed by atoms with van der Waals surface area (Å²) in [5.74, 6) is 0. The Morgan fingerprint density at radius 1 is 1.10 bits per heavy atom. The van der Waals surface area contributed by atoms with Crippen LogP contribution in [0.1, 0.15) is 46.5 Å². The smallest absolute Gasteiger partial charge is 0.0721 e. The van der Waals surface area contributed by atoms with Crippen LogP contribution in [0.25, 0.3) is 0 Å². The Labute approximate surface area is 123 Å². The Balaban J connectivity index is 1.60. The van der Waals surface area contributed by atoms with Gasteiger partial charge < -0.3 is 10.1 Å². The molecule has 1 aliphatic carbocycles. The Bertz CT molecular complexity index is 607. The van der Waals surface area contributed by atoms with Gasteiger partial charge in [-0.05, 0) is 47.4 Å². The maximum atomic E-state index is 5.76. The molecule has 1 aromatic carbocycles. The molecule has 3 heteroatoms. The first kappa shape index (κ1) is 12.6. The van der Waals surface area contributed by atoms with Crippen LogP contribution in [-0.2, 0) is 17.8 Å². The van der Waals surface area contributed by atoms with E-state index in [0.717, 1.165) is 13.2 Å². The monoisotopic (exact) mass is 285 g/mol. The normalized spacial score (nSPS) is 25.0. The van der Waals surface area contributed by atoms with E-state index in [1.807, 2.05) is 11.3 Å². The second kappa shape index (κ2) is 5.32. The molecule has 2 atom stereocenters. The van der Waals surface area contributed by atoms with E-state index in [2.05, 4.69) is 41.0 Å². The molecule has 0 saturated heterocycles. The molecule has 1 aliphatic heterocycles. The van der Waals surface area contributed by atoms with Crippen LogP contribution < -0.4 is 5.32 Å². The SMILES string of the molecule is c1ccc2c(c1)COCC2NC1CCCc2sccc21. The molecule has 2 unspecified atom stereocenters. The van der Waals surface area contributed by atoms with E-state index < -0.39 is 0 Å². The van der Waals surface area contributed by atoms with E-state index in [-0.39, 0.29) is 0 Å². The highest BCUT2D eigenvalue weighted by atomic mass is 32.1. The van der Waals surface area contributed by atoms with E-state index in [0.29, 0.717) is 12.1 Å². The minimum Gasteiger partial charge on any atom is -0.375 e. The van der Waals surface area contributed by atoms with Crippen molar-refractivity contribution in [2.45, 2.75) is 38.0 Å². The van der Waals surface area contributed by atoms with Gasteiger partial charge in [0.25, 0.3) is 0 Å². The van der Waals surface area contributed by atoms with Crippen molar-refractivity contribution in [1.82, 2.24) is 5.32 Å². The molecule has 1 N–H and O–H groups in total. The second-order valence-corrected chi connectivity index (χ2v) is 6.68. The highest BCUT2D eigenvalue weighted by Crippen LogP contribution is 2.36. The molecule has 20 heavy (non-hydrogen) atoms. The number of aryl methyl sites for hydroxylation is 1. The van der Waals surface area contributed by atoms with E-state index in [4.69, 9.17) is 4.74 Å². The van der Waals surface area contributed by atoms with Crippen molar-refractivity contribution in [1.29, 1.82) is 0 Å². The Morgan fingerprint density at radius 2 is 2.05 bits per heavy atom. The van der Waals surface area contributed by atoms with Gasteiger partial charge in [0.2, 0.25) is 0 Å². The summed E-state index contributed by atoms with van der Waals surface area (Å²) >= 11 is 1.91. The summed E-state index contributed by atoms with van der Waals surface area (Å²) in [5.41, 5.74) is 4.27. The van der Waals surface area contributed by atoms with Gasteiger partial charge in [-0.2, -0.15) is 0 Å². The molecule has 0 amide bonds. The van der Waals surface area contributed by atoms with Crippen LogP contribution in [-0.4, -0.2) is 6.61 Å². The number of thiophene rings is 1. The van der Waals surface area contributed by atoms with Gasteiger partial charge in [-0.15, -0.1) is 11.3 Å². The highest BCUT2D eigenvalue weighted by molar-refractivity contribution is 7.10. The topological polar surface area (TPSA) is 21.3 Å². The summed E-state index contributed by atoms with van der Waals surface area (Å²) in [6.45, 7) is 1.54. The average Bonchev–Trinajstić information content (AvgIpc) is 2.97. The van der Waals surface area contributed by atoms with Gasteiger partial charge in [0, 0.05) is 10.9 Å². The molecular weight excluding hydrogens is 266 g/mol. The summed E-state index contributed by atoms with van der Waals surface area (Å²) in [6.07, 6.45) is 3.78. The molecule has 2 aliphatic rings. The van der Waals surface area contributed by atoms with Gasteiger partial charge in [0.1, 0.15) is 0 Å². The maximum Gasteiger partial charge on any atom is 0.0721 e. The van der Waals surface area contributed by atoms with Crippen LogP contribution >= 0.6 is 11.3 Å². The molecule has 0 bridgehead atoms. The summed E-state index contributed by atoms with van der Waals surface area (Å²) in [4.78, 5) is 1.57. The minimum atomic E-state index is 0.329. The first-order valence-electron chi connectivity index (χ1n) is 7.39. The largest absolute Gasteiger partial charge is 0.375 e. The third-order valence-corrected chi connectivity index (χ3v) is 5.42. The lowest BCUT2D eigenvalue weighted by molar-refractivity contribution is 0.0775. The van der Waals surface area contributed by atoms with E-state index >= 15 is 0 Å². The molecule has 1 aromatic heterocycles. The van der Waals surface area contributed by atoms with E-state index in [1.165, 1.54) is 36.0 Å². The minimum absolute atomic E-state index is 0.329. The van der Waals surface area contributed by atoms with Crippen LogP contribution in [0.4, 0.5) is 0 Å². The van der Waals surface area contributed by atoms with Gasteiger partial charge >= 0.3 is 0 Å². The van der Waals surface area contributed by atoms with Crippen LogP contribution in [0, 0.1) is 0 Å². The highest BCUT2D eigenvalue weighted by Gasteiger charge is 2.27. The summed E-state index contributed by atoms with van der Waals surface area (Å²) in [6, 6.07) is 11.8. The summed E-state index contributed by atoms with van der Waals surface area (Å²) in [7, 11) is 0. The number of rotatable bonds is 2. The van der Waals surface area contributed by atoms with E-state index in [1.54, 1.807) is 4.88 Å². The van der Waals surface area contributed by atoms with E-state index in [9.17, 15) is 0 Å². The fraction of sp³-hybridized carbons (Fsp3) is 0.412. The standard InChI is InChI=1S/C17H19NOS/c1-2-5-13-12(4-1)10-19-11-16(13)18-15-6-3-7-17-14(15)8-9-20-17/h1-2,4-5,8-9,15-16,18H,3,6-7,10-11H2. The molecule has 4 rings (SSSR count). The number of ether oxygens (including phenoxy) is 1. The molecule has 2 nitrogen and oxygen atoms in total. The van der Waals surface area contributed by atoms with Crippen LogP contribution in [0.15, 0.2) is 35.7 Å². The number of fused-ring (bicyclic) bond motifs is 2. The zero-order chi connectivity index (χ0) is 13.4. The molecule has 0 radical (unpaired) electrons. The van der Waals surface area contributed by atoms with Crippen molar-refractivity contribution in [3.8, 4) is 0 Å². The molecule has 2 heterocycles. The first-order chi connectivity index (χ1) is 9.92. The maximum absolute atomic E-state index is 5.76. The predicted octanol–water partition coefficient (Wildman–Crippen LogP) is 3.99. The third kappa shape index (κ3) is 2.20. The third-order valence-electron chi connectivity index (χ3n) is 4.43. The lowest BCUT2D eigenvalue weighted by Crippen LogP contribution is -2.34. The molecule has 104 valence electrons. The number of nitrogens with one attached hydrogen (secondary N) is 1. The summed E-state index contributed by atoms with van der Waals surface area (Å²) < 4.78 is 5.76. The molecule has 0 spiro atoms. The summed E-state index contributed by atoms with van der Waals surface area (Å²) in [5, 5.41) is 6.07. The van der Waals surface area contributed by atoms with Crippen molar-refractivity contribution in [2.75, 3.05) is 6.61 Å². The first-order valence-corrected chi connectivity index (χ1v) is 8.27. The molecular formula is C17H19NOS. The quantitative estimate of drug-likeness (QED) is 0.901. The lowest BCUT2D eigenvalue weighted by Gasteiger charge is -2.32. The van der Waals surface area contributed by atoms with Crippen molar-refractivity contribution in [2.24, 2.45) is 0 Å². The Hall–Kier alpha value is -1.16. The molecule has 2 aromatic rings. The second-order valence-electron chi connectivity index (χ2n) is 5.68. The zero-order valence-electron chi connectivity index (χ0n) is 11.5. The van der Waals surface area contributed by atoms with Crippen molar-refractivity contribution in [3.05, 3.63) is 57.3 Å². The average molecular weight is 285 g/mol. The predicted molar refractivity (Wildman–Crippen MR) is 82.0 cm³/mol. The van der Waals surface area contributed by atoms with Crippen LogP contribution in [0.2, 0.25) is 0 Å². The van der Waals surface area contributed by atoms with Crippen LogP contribution in [0.3, 0.4) is 0 Å². The van der Waals surface area contributed by atoms with Crippen molar-refractivity contribution < 1.29 is 4.74 Å². The Morgan fingerprint density at radius 3 is 3.05 bits per heavy atom. The van der Waals surface area contributed by atoms with Crippen molar-refractivity contribution in [3.63, 3.8) is 0 Å². The number of hydrogen-bond donors (Lipinski definition) is 1. The number of hydrogen-bond acceptors (Lipinski definition) is 3. The van der Waals surface area contributed by atoms with Gasteiger partial charge in [0.15, 0.2) is 0 Å². The molecule has 0 saturated carbocycles. The van der Waals surface area contributed by atoms with Crippen LogP contribution in [0.5, 0.6) is 0 Å². The lowest BCUT2D eigenvalue weighted by atomic mass is 9.91. The fourth-order valence-electron chi connectivity index (χ4n) is 3.42. The Kier molecular flexibility index (Phi) is 3.34. The van der Waals surface area contributed by atoms with Crippen molar-refractivity contribution >= 4 is 11.3 Å². The zero-order valence-corrected chi connectivity index (χ0v) is 12.3.